The molecule has 16 heavy (non-hydrogen) atoms. The monoisotopic (exact) mass is 301 g/mol. The first-order valence-electron chi connectivity index (χ1n) is 5.68. The molecule has 0 aromatic carbocycles. The van der Waals surface area contributed by atoms with Crippen LogP contribution >= 0.6 is 27.3 Å². The van der Waals surface area contributed by atoms with Crippen molar-refractivity contribution >= 4 is 33.0 Å². The maximum atomic E-state index is 12.1. The normalized spacial score (nSPS) is 25.6. The van der Waals surface area contributed by atoms with Crippen LogP contribution in [0.1, 0.15) is 30.6 Å². The lowest BCUT2D eigenvalue weighted by molar-refractivity contribution is -0.123. The molecule has 0 aliphatic heterocycles. The summed E-state index contributed by atoms with van der Waals surface area (Å²) < 4.78 is 1.06. The lowest BCUT2D eigenvalue weighted by atomic mass is 9.81. The average molecular weight is 302 g/mol. The quantitative estimate of drug-likeness (QED) is 0.932. The third kappa shape index (κ3) is 2.93. The highest BCUT2D eigenvalue weighted by atomic mass is 79.9. The Morgan fingerprint density at radius 3 is 2.88 bits per heavy atom. The van der Waals surface area contributed by atoms with Gasteiger partial charge in [-0.15, -0.1) is 11.3 Å². The van der Waals surface area contributed by atoms with Crippen molar-refractivity contribution in [3.63, 3.8) is 0 Å². The Kier molecular flexibility index (Phi) is 4.16. The Morgan fingerprint density at radius 1 is 1.50 bits per heavy atom. The van der Waals surface area contributed by atoms with Gasteiger partial charge in [0.1, 0.15) is 5.78 Å². The van der Waals surface area contributed by atoms with Crippen molar-refractivity contribution in [2.45, 2.75) is 38.1 Å². The van der Waals surface area contributed by atoms with E-state index in [4.69, 9.17) is 5.73 Å². The van der Waals surface area contributed by atoms with Crippen LogP contribution in [0.25, 0.3) is 0 Å². The smallest absolute Gasteiger partial charge is 0.142 e. The van der Waals surface area contributed by atoms with E-state index in [-0.39, 0.29) is 12.0 Å². The van der Waals surface area contributed by atoms with E-state index in [1.54, 1.807) is 11.3 Å². The first-order valence-corrected chi connectivity index (χ1v) is 7.35. The van der Waals surface area contributed by atoms with E-state index < -0.39 is 0 Å². The highest BCUT2D eigenvalue weighted by Crippen LogP contribution is 2.27. The van der Waals surface area contributed by atoms with Crippen LogP contribution in [0.5, 0.6) is 0 Å². The summed E-state index contributed by atoms with van der Waals surface area (Å²) in [6, 6.07) is 2.11. The summed E-state index contributed by atoms with van der Waals surface area (Å²) in [7, 11) is 0. The Balaban J connectivity index is 1.96. The standard InChI is InChI=1S/C12H16BrNOS/c13-8-5-9(16-7-8)6-12(15)10-3-1-2-4-11(10)14/h5,7,10-11H,1-4,6,14H2. The highest BCUT2D eigenvalue weighted by Gasteiger charge is 2.28. The Labute approximate surface area is 108 Å². The van der Waals surface area contributed by atoms with Crippen molar-refractivity contribution in [2.75, 3.05) is 0 Å². The summed E-state index contributed by atoms with van der Waals surface area (Å²) >= 11 is 5.04. The van der Waals surface area contributed by atoms with Gasteiger partial charge < -0.3 is 5.73 Å². The molecule has 0 spiro atoms. The minimum atomic E-state index is 0.0876. The summed E-state index contributed by atoms with van der Waals surface area (Å²) in [5.74, 6) is 0.413. The van der Waals surface area contributed by atoms with Crippen LogP contribution in [0, 0.1) is 5.92 Å². The zero-order valence-electron chi connectivity index (χ0n) is 9.12. The van der Waals surface area contributed by atoms with E-state index in [1.165, 1.54) is 6.42 Å². The third-order valence-electron chi connectivity index (χ3n) is 3.20. The fourth-order valence-electron chi connectivity index (χ4n) is 2.31. The van der Waals surface area contributed by atoms with E-state index in [2.05, 4.69) is 15.9 Å². The van der Waals surface area contributed by atoms with Gasteiger partial charge in [-0.3, -0.25) is 4.79 Å². The zero-order valence-corrected chi connectivity index (χ0v) is 11.5. The molecule has 0 bridgehead atoms. The van der Waals surface area contributed by atoms with E-state index in [1.807, 2.05) is 11.4 Å². The molecule has 2 atom stereocenters. The number of carbonyl (C=O) groups excluding carboxylic acids is 1. The van der Waals surface area contributed by atoms with Gasteiger partial charge >= 0.3 is 0 Å². The number of rotatable bonds is 3. The number of hydrogen-bond acceptors (Lipinski definition) is 3. The Hall–Kier alpha value is -0.190. The summed E-state index contributed by atoms with van der Waals surface area (Å²) in [4.78, 5) is 13.2. The molecule has 1 aliphatic carbocycles. The summed E-state index contributed by atoms with van der Waals surface area (Å²) in [6.45, 7) is 0. The van der Waals surface area contributed by atoms with Crippen LogP contribution in [0.15, 0.2) is 15.9 Å². The molecule has 0 saturated heterocycles. The molecule has 1 aliphatic rings. The van der Waals surface area contributed by atoms with Crippen LogP contribution in [0.4, 0.5) is 0 Å². The lowest BCUT2D eigenvalue weighted by Crippen LogP contribution is -2.38. The van der Waals surface area contributed by atoms with Crippen LogP contribution in [0.3, 0.4) is 0 Å². The van der Waals surface area contributed by atoms with Gasteiger partial charge in [-0.2, -0.15) is 0 Å². The first kappa shape index (κ1) is 12.3. The molecule has 2 unspecified atom stereocenters. The van der Waals surface area contributed by atoms with Gasteiger partial charge in [-0.25, -0.2) is 0 Å². The van der Waals surface area contributed by atoms with Crippen molar-refractivity contribution in [1.29, 1.82) is 0 Å². The van der Waals surface area contributed by atoms with Crippen molar-refractivity contribution < 1.29 is 4.79 Å². The molecule has 2 nitrogen and oxygen atoms in total. The summed E-state index contributed by atoms with van der Waals surface area (Å²) in [5.41, 5.74) is 6.01. The molecule has 1 saturated carbocycles. The van der Waals surface area contributed by atoms with Gasteiger partial charge in [-0.05, 0) is 34.8 Å². The second kappa shape index (κ2) is 5.43. The number of ketones is 1. The van der Waals surface area contributed by atoms with Crippen LogP contribution < -0.4 is 5.73 Å². The molecule has 1 fully saturated rings. The van der Waals surface area contributed by atoms with Gasteiger partial charge in [0.05, 0.1) is 0 Å². The molecule has 1 aromatic heterocycles. The zero-order chi connectivity index (χ0) is 11.5. The second-order valence-electron chi connectivity index (χ2n) is 4.43. The molecule has 88 valence electrons. The number of carbonyl (C=O) groups is 1. The highest BCUT2D eigenvalue weighted by molar-refractivity contribution is 9.10. The Morgan fingerprint density at radius 2 is 2.25 bits per heavy atom. The fraction of sp³-hybridized carbons (Fsp3) is 0.583. The van der Waals surface area contributed by atoms with Crippen LogP contribution in [0.2, 0.25) is 0 Å². The summed E-state index contributed by atoms with van der Waals surface area (Å²) in [5, 5.41) is 2.02. The van der Waals surface area contributed by atoms with Gasteiger partial charge in [0, 0.05) is 33.1 Å². The Bertz CT molecular complexity index is 377. The SMILES string of the molecule is NC1CCCCC1C(=O)Cc1cc(Br)cs1. The molecule has 4 heteroatoms. The van der Waals surface area contributed by atoms with E-state index in [0.29, 0.717) is 12.2 Å². The van der Waals surface area contributed by atoms with E-state index >= 15 is 0 Å². The topological polar surface area (TPSA) is 43.1 Å². The van der Waals surface area contributed by atoms with Gasteiger partial charge in [-0.1, -0.05) is 12.8 Å². The second-order valence-corrected chi connectivity index (χ2v) is 6.34. The third-order valence-corrected chi connectivity index (χ3v) is 4.90. The van der Waals surface area contributed by atoms with E-state index in [9.17, 15) is 4.79 Å². The predicted octanol–water partition coefficient (Wildman–Crippen LogP) is 3.14. The van der Waals surface area contributed by atoms with Crippen molar-refractivity contribution in [3.05, 3.63) is 20.8 Å². The van der Waals surface area contributed by atoms with Crippen LogP contribution in [-0.2, 0) is 11.2 Å². The summed E-state index contributed by atoms with van der Waals surface area (Å²) in [6.07, 6.45) is 4.86. The molecule has 0 amide bonds. The molecule has 1 heterocycles. The molecule has 0 radical (unpaired) electrons. The number of halogens is 1. The number of thiophene rings is 1. The molecule has 2 rings (SSSR count). The molecule has 1 aromatic rings. The van der Waals surface area contributed by atoms with Crippen molar-refractivity contribution in [1.82, 2.24) is 0 Å². The van der Waals surface area contributed by atoms with Gasteiger partial charge in [0.25, 0.3) is 0 Å². The molecular formula is C12H16BrNOS. The minimum Gasteiger partial charge on any atom is -0.327 e. The minimum absolute atomic E-state index is 0.0876. The van der Waals surface area contributed by atoms with Crippen LogP contribution in [-0.4, -0.2) is 11.8 Å². The fourth-order valence-corrected chi connectivity index (χ4v) is 3.77. The van der Waals surface area contributed by atoms with Crippen molar-refractivity contribution in [2.24, 2.45) is 11.7 Å². The predicted molar refractivity (Wildman–Crippen MR) is 70.7 cm³/mol. The first-order chi connectivity index (χ1) is 7.66. The largest absolute Gasteiger partial charge is 0.327 e. The van der Waals surface area contributed by atoms with Gasteiger partial charge in [0.2, 0.25) is 0 Å². The molecular weight excluding hydrogens is 286 g/mol. The maximum absolute atomic E-state index is 12.1. The average Bonchev–Trinajstić information content (AvgIpc) is 2.64. The number of nitrogens with two attached hydrogens (primary N) is 1. The van der Waals surface area contributed by atoms with E-state index in [0.717, 1.165) is 28.6 Å². The molecule has 2 N–H and O–H groups in total. The van der Waals surface area contributed by atoms with Crippen molar-refractivity contribution in [3.8, 4) is 0 Å². The number of hydrogen-bond donors (Lipinski definition) is 1. The number of Topliss-reactive ketones (excluding diaryl/α,β-unsaturated/α-hetero) is 1. The maximum Gasteiger partial charge on any atom is 0.142 e. The van der Waals surface area contributed by atoms with Gasteiger partial charge in [0.15, 0.2) is 0 Å². The lowest BCUT2D eigenvalue weighted by Gasteiger charge is -2.27.